The number of hydrogen-bond acceptors (Lipinski definition) is 4. The molecule has 0 saturated carbocycles. The monoisotopic (exact) mass is 414 g/mol. The number of ether oxygens (including phenoxy) is 2. The minimum absolute atomic E-state index is 0.00138. The Kier molecular flexibility index (Phi) is 6.28. The molecule has 0 radical (unpaired) electrons. The van der Waals surface area contributed by atoms with E-state index in [9.17, 15) is 18.0 Å². The molecular weight excluding hydrogens is 397 g/mol. The van der Waals surface area contributed by atoms with Crippen LogP contribution < -0.4 is 9.47 Å². The zero-order valence-electron chi connectivity index (χ0n) is 14.8. The van der Waals surface area contributed by atoms with Crippen LogP contribution in [0.5, 0.6) is 11.6 Å². The maximum Gasteiger partial charge on any atom is 0.422 e. The standard InChI is InChI=1S/C19H18ClF3N2O3/c20-14-2-4-15(5-3-14)28-16-7-9-25(10-8-16)18(26)13-1-6-17(24-11-13)27-12-19(21,22)23/h1-6,11,16H,7-10,12H2. The van der Waals surface area contributed by atoms with Crippen molar-refractivity contribution in [3.8, 4) is 11.6 Å². The van der Waals surface area contributed by atoms with Crippen molar-refractivity contribution in [1.82, 2.24) is 9.88 Å². The molecule has 1 aromatic carbocycles. The maximum absolute atomic E-state index is 12.5. The van der Waals surface area contributed by atoms with E-state index in [2.05, 4.69) is 9.72 Å². The van der Waals surface area contributed by atoms with Crippen molar-refractivity contribution >= 4 is 17.5 Å². The summed E-state index contributed by atoms with van der Waals surface area (Å²) < 4.78 is 46.9. The van der Waals surface area contributed by atoms with Gasteiger partial charge in [-0.15, -0.1) is 0 Å². The predicted octanol–water partition coefficient (Wildman–Crippen LogP) is 4.36. The smallest absolute Gasteiger partial charge is 0.422 e. The molecule has 0 spiro atoms. The third-order valence-corrected chi connectivity index (χ3v) is 4.46. The van der Waals surface area contributed by atoms with Gasteiger partial charge in [-0.25, -0.2) is 4.98 Å². The summed E-state index contributed by atoms with van der Waals surface area (Å²) >= 11 is 5.85. The minimum Gasteiger partial charge on any atom is -0.490 e. The number of benzene rings is 1. The van der Waals surface area contributed by atoms with Gasteiger partial charge in [-0.05, 0) is 30.3 Å². The first-order chi connectivity index (χ1) is 13.3. The van der Waals surface area contributed by atoms with Crippen molar-refractivity contribution in [2.24, 2.45) is 0 Å². The molecular formula is C19H18ClF3N2O3. The quantitative estimate of drug-likeness (QED) is 0.729. The van der Waals surface area contributed by atoms with Crippen molar-refractivity contribution in [2.45, 2.75) is 25.1 Å². The second kappa shape index (κ2) is 8.68. The van der Waals surface area contributed by atoms with Gasteiger partial charge in [0.2, 0.25) is 5.88 Å². The number of halogens is 4. The van der Waals surface area contributed by atoms with Crippen LogP contribution in [0.15, 0.2) is 42.6 Å². The average molecular weight is 415 g/mol. The van der Waals surface area contributed by atoms with E-state index in [1.54, 1.807) is 29.2 Å². The van der Waals surface area contributed by atoms with Crippen LogP contribution in [0.25, 0.3) is 0 Å². The summed E-state index contributed by atoms with van der Waals surface area (Å²) in [5.74, 6) is 0.330. The molecule has 1 aliphatic heterocycles. The number of amides is 1. The molecule has 2 heterocycles. The van der Waals surface area contributed by atoms with Gasteiger partial charge in [-0.1, -0.05) is 11.6 Å². The summed E-state index contributed by atoms with van der Waals surface area (Å²) in [7, 11) is 0. The van der Waals surface area contributed by atoms with Gasteiger partial charge in [-0.2, -0.15) is 13.2 Å². The molecule has 5 nitrogen and oxygen atoms in total. The topological polar surface area (TPSA) is 51.7 Å². The van der Waals surface area contributed by atoms with Crippen LogP contribution in [0.1, 0.15) is 23.2 Å². The first-order valence-corrected chi connectivity index (χ1v) is 9.05. The molecule has 1 aromatic heterocycles. The van der Waals surface area contributed by atoms with E-state index in [1.807, 2.05) is 0 Å². The first-order valence-electron chi connectivity index (χ1n) is 8.67. The number of rotatable bonds is 5. The van der Waals surface area contributed by atoms with Gasteiger partial charge in [0.15, 0.2) is 6.61 Å². The highest BCUT2D eigenvalue weighted by molar-refractivity contribution is 6.30. The molecule has 28 heavy (non-hydrogen) atoms. The molecule has 0 unspecified atom stereocenters. The van der Waals surface area contributed by atoms with Crippen LogP contribution in [0.4, 0.5) is 13.2 Å². The zero-order chi connectivity index (χ0) is 20.1. The summed E-state index contributed by atoms with van der Waals surface area (Å²) in [6.45, 7) is -0.388. The van der Waals surface area contributed by atoms with E-state index in [0.717, 1.165) is 5.75 Å². The molecule has 0 atom stereocenters. The Labute approximate surface area is 165 Å². The number of pyridine rings is 1. The Morgan fingerprint density at radius 2 is 1.82 bits per heavy atom. The molecule has 9 heteroatoms. The fourth-order valence-electron chi connectivity index (χ4n) is 2.81. The Morgan fingerprint density at radius 1 is 1.14 bits per heavy atom. The Morgan fingerprint density at radius 3 is 2.39 bits per heavy atom. The molecule has 3 rings (SSSR count). The summed E-state index contributed by atoms with van der Waals surface area (Å²) in [5, 5.41) is 0.635. The Bertz CT molecular complexity index is 790. The van der Waals surface area contributed by atoms with Gasteiger partial charge >= 0.3 is 6.18 Å². The van der Waals surface area contributed by atoms with E-state index in [0.29, 0.717) is 36.5 Å². The van der Waals surface area contributed by atoms with Crippen LogP contribution in [-0.4, -0.2) is 47.8 Å². The van der Waals surface area contributed by atoms with E-state index in [1.165, 1.54) is 18.3 Å². The largest absolute Gasteiger partial charge is 0.490 e. The van der Waals surface area contributed by atoms with Crippen LogP contribution in [-0.2, 0) is 0 Å². The molecule has 2 aromatic rings. The van der Waals surface area contributed by atoms with Crippen molar-refractivity contribution < 1.29 is 27.4 Å². The zero-order valence-corrected chi connectivity index (χ0v) is 15.5. The number of carbonyl (C=O) groups excluding carboxylic acids is 1. The van der Waals surface area contributed by atoms with Gasteiger partial charge in [0, 0.05) is 43.2 Å². The second-order valence-corrected chi connectivity index (χ2v) is 6.79. The van der Waals surface area contributed by atoms with Crippen molar-refractivity contribution in [3.63, 3.8) is 0 Å². The lowest BCUT2D eigenvalue weighted by atomic mass is 10.1. The number of likely N-dealkylation sites (tertiary alicyclic amines) is 1. The highest BCUT2D eigenvalue weighted by Crippen LogP contribution is 2.22. The van der Waals surface area contributed by atoms with Crippen LogP contribution in [0.2, 0.25) is 5.02 Å². The van der Waals surface area contributed by atoms with Crippen LogP contribution in [0.3, 0.4) is 0 Å². The maximum atomic E-state index is 12.5. The van der Waals surface area contributed by atoms with Crippen molar-refractivity contribution in [3.05, 3.63) is 53.2 Å². The van der Waals surface area contributed by atoms with Crippen molar-refractivity contribution in [2.75, 3.05) is 19.7 Å². The summed E-state index contributed by atoms with van der Waals surface area (Å²) in [5.41, 5.74) is 0.302. The number of piperidine rings is 1. The van der Waals surface area contributed by atoms with E-state index in [-0.39, 0.29) is 17.9 Å². The molecule has 0 N–H and O–H groups in total. The molecule has 1 fully saturated rings. The highest BCUT2D eigenvalue weighted by Gasteiger charge is 2.29. The molecule has 0 aliphatic carbocycles. The summed E-state index contributed by atoms with van der Waals surface area (Å²) in [6, 6.07) is 9.78. The van der Waals surface area contributed by atoms with E-state index >= 15 is 0 Å². The number of hydrogen-bond donors (Lipinski definition) is 0. The fraction of sp³-hybridized carbons (Fsp3) is 0.368. The SMILES string of the molecule is O=C(c1ccc(OCC(F)(F)F)nc1)N1CCC(Oc2ccc(Cl)cc2)CC1. The average Bonchev–Trinajstić information content (AvgIpc) is 2.68. The molecule has 1 saturated heterocycles. The van der Waals surface area contributed by atoms with Crippen molar-refractivity contribution in [1.29, 1.82) is 0 Å². The summed E-state index contributed by atoms with van der Waals surface area (Å²) in [6.07, 6.45) is -1.86. The molecule has 1 amide bonds. The second-order valence-electron chi connectivity index (χ2n) is 6.35. The number of aromatic nitrogens is 1. The normalized spacial score (nSPS) is 15.4. The lowest BCUT2D eigenvalue weighted by Gasteiger charge is -2.32. The van der Waals surface area contributed by atoms with Gasteiger partial charge in [0.1, 0.15) is 11.9 Å². The molecule has 0 bridgehead atoms. The van der Waals surface area contributed by atoms with Crippen LogP contribution >= 0.6 is 11.6 Å². The lowest BCUT2D eigenvalue weighted by molar-refractivity contribution is -0.154. The first kappa shape index (κ1) is 20.3. The minimum atomic E-state index is -4.44. The number of carbonyl (C=O) groups is 1. The third kappa shape index (κ3) is 5.76. The van der Waals surface area contributed by atoms with Crippen LogP contribution in [0, 0.1) is 0 Å². The highest BCUT2D eigenvalue weighted by atomic mass is 35.5. The van der Waals surface area contributed by atoms with Gasteiger partial charge in [0.05, 0.1) is 5.56 Å². The lowest BCUT2D eigenvalue weighted by Crippen LogP contribution is -2.41. The number of alkyl halides is 3. The van der Waals surface area contributed by atoms with Gasteiger partial charge < -0.3 is 14.4 Å². The van der Waals surface area contributed by atoms with Gasteiger partial charge in [0.25, 0.3) is 5.91 Å². The molecule has 1 aliphatic rings. The van der Waals surface area contributed by atoms with E-state index in [4.69, 9.17) is 16.3 Å². The fourth-order valence-corrected chi connectivity index (χ4v) is 2.94. The van der Waals surface area contributed by atoms with Gasteiger partial charge in [-0.3, -0.25) is 4.79 Å². The Hall–Kier alpha value is -2.48. The predicted molar refractivity (Wildman–Crippen MR) is 96.8 cm³/mol. The Balaban J connectivity index is 1.50. The van der Waals surface area contributed by atoms with E-state index < -0.39 is 12.8 Å². The summed E-state index contributed by atoms with van der Waals surface area (Å²) in [4.78, 5) is 18.0. The molecule has 150 valence electrons. The third-order valence-electron chi connectivity index (χ3n) is 4.21. The number of nitrogens with zero attached hydrogens (tertiary/aromatic N) is 2.